The summed E-state index contributed by atoms with van der Waals surface area (Å²) in [5.41, 5.74) is 0.706. The lowest BCUT2D eigenvalue weighted by molar-refractivity contribution is 0.0975. The third-order valence-corrected chi connectivity index (χ3v) is 4.04. The Hall–Kier alpha value is -0.830. The van der Waals surface area contributed by atoms with E-state index in [-0.39, 0.29) is 5.78 Å². The molecule has 0 radical (unpaired) electrons. The van der Waals surface area contributed by atoms with Crippen molar-refractivity contribution in [2.45, 2.75) is 65.2 Å². The fourth-order valence-electron chi connectivity index (χ4n) is 2.38. The molecule has 3 heteroatoms. The number of unbranched alkanes of at least 4 members (excludes halogenated alkanes) is 6. The molecule has 0 saturated heterocycles. The standard InChI is InChI=1S/C18H27BrO2/c1-3-5-6-7-8-9-10-11-17(20)16-14-15(19)12-13-18(16)21-4-2/h12-14H,3-11H2,1-2H3. The van der Waals surface area contributed by atoms with Gasteiger partial charge in [0, 0.05) is 10.9 Å². The molecule has 0 amide bonds. The van der Waals surface area contributed by atoms with Crippen LogP contribution in [0, 0.1) is 0 Å². The first-order valence-electron chi connectivity index (χ1n) is 8.14. The quantitative estimate of drug-likeness (QED) is 0.350. The van der Waals surface area contributed by atoms with Crippen molar-refractivity contribution in [1.29, 1.82) is 0 Å². The number of rotatable bonds is 11. The van der Waals surface area contributed by atoms with Gasteiger partial charge in [-0.05, 0) is 31.5 Å². The van der Waals surface area contributed by atoms with Gasteiger partial charge in [0.05, 0.1) is 12.2 Å². The summed E-state index contributed by atoms with van der Waals surface area (Å²) in [6.45, 7) is 4.75. The number of halogens is 1. The molecule has 0 unspecified atom stereocenters. The molecule has 0 aliphatic heterocycles. The molecule has 0 aromatic heterocycles. The van der Waals surface area contributed by atoms with E-state index in [4.69, 9.17) is 4.74 Å². The minimum absolute atomic E-state index is 0.188. The Balaban J connectivity index is 2.39. The van der Waals surface area contributed by atoms with Crippen LogP contribution in [0.4, 0.5) is 0 Å². The maximum Gasteiger partial charge on any atom is 0.166 e. The van der Waals surface area contributed by atoms with Crippen molar-refractivity contribution in [1.82, 2.24) is 0 Å². The Morgan fingerprint density at radius 2 is 1.71 bits per heavy atom. The van der Waals surface area contributed by atoms with Gasteiger partial charge in [-0.2, -0.15) is 0 Å². The van der Waals surface area contributed by atoms with Crippen LogP contribution in [0.15, 0.2) is 22.7 Å². The summed E-state index contributed by atoms with van der Waals surface area (Å²) in [6, 6.07) is 5.65. The normalized spacial score (nSPS) is 10.6. The third kappa shape index (κ3) is 7.12. The first kappa shape index (κ1) is 18.2. The maximum absolute atomic E-state index is 12.3. The van der Waals surface area contributed by atoms with Crippen LogP contribution in [-0.2, 0) is 0 Å². The van der Waals surface area contributed by atoms with E-state index in [1.165, 1.54) is 32.1 Å². The zero-order chi connectivity index (χ0) is 15.5. The highest BCUT2D eigenvalue weighted by Crippen LogP contribution is 2.25. The minimum atomic E-state index is 0.188. The Kier molecular flexibility index (Phi) is 9.40. The molecule has 0 bridgehead atoms. The molecule has 0 fully saturated rings. The lowest BCUT2D eigenvalue weighted by Gasteiger charge is -2.10. The van der Waals surface area contributed by atoms with Crippen LogP contribution >= 0.6 is 15.9 Å². The molecule has 0 atom stereocenters. The molecule has 0 aliphatic rings. The van der Waals surface area contributed by atoms with E-state index in [1.54, 1.807) is 0 Å². The largest absolute Gasteiger partial charge is 0.493 e. The number of carbonyl (C=O) groups is 1. The van der Waals surface area contributed by atoms with Crippen LogP contribution in [0.3, 0.4) is 0 Å². The number of carbonyl (C=O) groups excluding carboxylic acids is 1. The van der Waals surface area contributed by atoms with Gasteiger partial charge < -0.3 is 4.74 Å². The van der Waals surface area contributed by atoms with E-state index in [9.17, 15) is 4.79 Å². The summed E-state index contributed by atoms with van der Waals surface area (Å²) in [7, 11) is 0. The Bertz CT molecular complexity index is 429. The molecule has 1 aromatic rings. The summed E-state index contributed by atoms with van der Waals surface area (Å²) in [4.78, 5) is 12.3. The fourth-order valence-corrected chi connectivity index (χ4v) is 2.74. The molecule has 118 valence electrons. The molecule has 0 aliphatic carbocycles. The number of ether oxygens (including phenoxy) is 1. The van der Waals surface area contributed by atoms with Crippen molar-refractivity contribution >= 4 is 21.7 Å². The first-order chi connectivity index (χ1) is 10.2. The van der Waals surface area contributed by atoms with Crippen molar-refractivity contribution in [3.8, 4) is 5.75 Å². The average Bonchev–Trinajstić information content (AvgIpc) is 2.48. The first-order valence-corrected chi connectivity index (χ1v) is 8.93. The lowest BCUT2D eigenvalue weighted by atomic mass is 10.0. The van der Waals surface area contributed by atoms with Gasteiger partial charge in [-0.3, -0.25) is 4.79 Å². The fraction of sp³-hybridized carbons (Fsp3) is 0.611. The summed E-state index contributed by atoms with van der Waals surface area (Å²) in [5, 5.41) is 0. The predicted molar refractivity (Wildman–Crippen MR) is 92.3 cm³/mol. The van der Waals surface area contributed by atoms with Crippen molar-refractivity contribution < 1.29 is 9.53 Å². The van der Waals surface area contributed by atoms with Crippen LogP contribution in [0.25, 0.3) is 0 Å². The second-order valence-corrected chi connectivity index (χ2v) is 6.28. The van der Waals surface area contributed by atoms with Gasteiger partial charge in [0.1, 0.15) is 5.75 Å². The van der Waals surface area contributed by atoms with Gasteiger partial charge in [0.25, 0.3) is 0 Å². The van der Waals surface area contributed by atoms with Gasteiger partial charge in [0.2, 0.25) is 0 Å². The molecular formula is C18H27BrO2. The van der Waals surface area contributed by atoms with Crippen molar-refractivity contribution in [3.05, 3.63) is 28.2 Å². The topological polar surface area (TPSA) is 26.3 Å². The number of hydrogen-bond acceptors (Lipinski definition) is 2. The molecule has 1 rings (SSSR count). The Labute approximate surface area is 137 Å². The summed E-state index contributed by atoms with van der Waals surface area (Å²) in [6.07, 6.45) is 9.20. The second-order valence-electron chi connectivity index (χ2n) is 5.37. The summed E-state index contributed by atoms with van der Waals surface area (Å²) < 4.78 is 6.47. The van der Waals surface area contributed by atoms with Crippen molar-refractivity contribution in [2.75, 3.05) is 6.61 Å². The van der Waals surface area contributed by atoms with Crippen LogP contribution in [0.1, 0.15) is 75.6 Å². The van der Waals surface area contributed by atoms with E-state index < -0.39 is 0 Å². The molecule has 1 aromatic carbocycles. The number of ketones is 1. The van der Waals surface area contributed by atoms with E-state index in [1.807, 2.05) is 25.1 Å². The molecule has 0 saturated carbocycles. The molecular weight excluding hydrogens is 328 g/mol. The van der Waals surface area contributed by atoms with Crippen LogP contribution in [0.2, 0.25) is 0 Å². The van der Waals surface area contributed by atoms with Crippen LogP contribution in [-0.4, -0.2) is 12.4 Å². The molecule has 0 N–H and O–H groups in total. The molecule has 0 heterocycles. The molecule has 2 nitrogen and oxygen atoms in total. The van der Waals surface area contributed by atoms with Gasteiger partial charge in [0.15, 0.2) is 5.78 Å². The zero-order valence-electron chi connectivity index (χ0n) is 13.3. The highest BCUT2D eigenvalue weighted by Gasteiger charge is 2.12. The third-order valence-electron chi connectivity index (χ3n) is 3.55. The number of hydrogen-bond donors (Lipinski definition) is 0. The average molecular weight is 355 g/mol. The number of benzene rings is 1. The maximum atomic E-state index is 12.3. The van der Waals surface area contributed by atoms with E-state index in [0.29, 0.717) is 24.3 Å². The second kappa shape index (κ2) is 10.8. The van der Waals surface area contributed by atoms with Gasteiger partial charge in [-0.1, -0.05) is 61.4 Å². The SMILES string of the molecule is CCCCCCCCCC(=O)c1cc(Br)ccc1OCC. The smallest absolute Gasteiger partial charge is 0.166 e. The molecule has 21 heavy (non-hydrogen) atoms. The van der Waals surface area contributed by atoms with Gasteiger partial charge >= 0.3 is 0 Å². The van der Waals surface area contributed by atoms with Gasteiger partial charge in [-0.15, -0.1) is 0 Å². The predicted octanol–water partition coefficient (Wildman–Crippen LogP) is 6.17. The van der Waals surface area contributed by atoms with Crippen molar-refractivity contribution in [3.63, 3.8) is 0 Å². The van der Waals surface area contributed by atoms with Crippen molar-refractivity contribution in [2.24, 2.45) is 0 Å². The van der Waals surface area contributed by atoms with Crippen LogP contribution < -0.4 is 4.74 Å². The minimum Gasteiger partial charge on any atom is -0.493 e. The lowest BCUT2D eigenvalue weighted by Crippen LogP contribution is -2.04. The monoisotopic (exact) mass is 354 g/mol. The highest BCUT2D eigenvalue weighted by molar-refractivity contribution is 9.10. The summed E-state index contributed by atoms with van der Waals surface area (Å²) in [5.74, 6) is 0.891. The van der Waals surface area contributed by atoms with Crippen LogP contribution in [0.5, 0.6) is 5.75 Å². The van der Waals surface area contributed by atoms with E-state index in [0.717, 1.165) is 17.3 Å². The molecule has 0 spiro atoms. The highest BCUT2D eigenvalue weighted by atomic mass is 79.9. The van der Waals surface area contributed by atoms with E-state index >= 15 is 0 Å². The Morgan fingerprint density at radius 3 is 2.38 bits per heavy atom. The zero-order valence-corrected chi connectivity index (χ0v) is 14.9. The Morgan fingerprint density at radius 1 is 1.05 bits per heavy atom. The number of Topliss-reactive ketones (excluding diaryl/α,β-unsaturated/α-hetero) is 1. The summed E-state index contributed by atoms with van der Waals surface area (Å²) >= 11 is 3.43. The van der Waals surface area contributed by atoms with E-state index in [2.05, 4.69) is 22.9 Å². The van der Waals surface area contributed by atoms with Gasteiger partial charge in [-0.25, -0.2) is 0 Å².